The molecular formula is C30H30F2N2O4. The molecule has 1 heterocycles. The maximum absolute atomic E-state index is 13.8. The topological polar surface area (TPSA) is 91.6 Å². The number of benzene rings is 3. The van der Waals surface area contributed by atoms with Crippen LogP contribution in [0.3, 0.4) is 0 Å². The molecule has 1 amide bonds. The highest BCUT2D eigenvalue weighted by Gasteiger charge is 2.23. The normalized spacial score (nSPS) is 12.9. The lowest BCUT2D eigenvalue weighted by Crippen LogP contribution is -2.48. The molecule has 38 heavy (non-hydrogen) atoms. The first-order valence-corrected chi connectivity index (χ1v) is 12.5. The summed E-state index contributed by atoms with van der Waals surface area (Å²) < 4.78 is 33.2. The average Bonchev–Trinajstić information content (AvgIpc) is 2.87. The van der Waals surface area contributed by atoms with E-state index in [1.807, 2.05) is 18.2 Å². The van der Waals surface area contributed by atoms with Crippen LogP contribution in [0.1, 0.15) is 39.7 Å². The number of nitrogens with one attached hydrogen (secondary N) is 2. The van der Waals surface area contributed by atoms with Crippen molar-refractivity contribution in [1.29, 1.82) is 0 Å². The van der Waals surface area contributed by atoms with E-state index in [2.05, 4.69) is 23.6 Å². The lowest BCUT2D eigenvalue weighted by Gasteiger charge is -2.25. The fraction of sp³-hybridized carbons (Fsp3) is 0.267. The van der Waals surface area contributed by atoms with Crippen molar-refractivity contribution in [2.24, 2.45) is 0 Å². The van der Waals surface area contributed by atoms with E-state index in [-0.39, 0.29) is 34.9 Å². The lowest BCUT2D eigenvalue weighted by atomic mass is 9.99. The van der Waals surface area contributed by atoms with Crippen molar-refractivity contribution < 1.29 is 23.1 Å². The van der Waals surface area contributed by atoms with Crippen LogP contribution in [0.5, 0.6) is 0 Å². The van der Waals surface area contributed by atoms with Crippen molar-refractivity contribution >= 4 is 16.9 Å². The molecule has 1 aromatic heterocycles. The van der Waals surface area contributed by atoms with Gasteiger partial charge in [0.2, 0.25) is 0 Å². The Kier molecular flexibility index (Phi) is 8.66. The third kappa shape index (κ3) is 6.90. The molecule has 0 radical (unpaired) electrons. The molecule has 2 atom stereocenters. The predicted octanol–water partition coefficient (Wildman–Crippen LogP) is 4.43. The third-order valence-corrected chi connectivity index (χ3v) is 6.35. The number of aliphatic hydroxyl groups excluding tert-OH is 1. The molecule has 6 nitrogen and oxygen atoms in total. The average molecular weight is 521 g/mol. The van der Waals surface area contributed by atoms with Crippen LogP contribution in [-0.4, -0.2) is 29.7 Å². The summed E-state index contributed by atoms with van der Waals surface area (Å²) in [6.45, 7) is 4.36. The number of hydrogen-bond acceptors (Lipinski definition) is 5. The monoisotopic (exact) mass is 520 g/mol. The van der Waals surface area contributed by atoms with E-state index in [0.29, 0.717) is 17.9 Å². The van der Waals surface area contributed by atoms with E-state index in [1.165, 1.54) is 42.0 Å². The van der Waals surface area contributed by atoms with Gasteiger partial charge in [-0.15, -0.1) is 0 Å². The number of hydrogen-bond donors (Lipinski definition) is 3. The molecule has 3 N–H and O–H groups in total. The number of carbonyl (C=O) groups is 1. The molecular weight excluding hydrogens is 490 g/mol. The van der Waals surface area contributed by atoms with Crippen LogP contribution >= 0.6 is 0 Å². The molecule has 0 aliphatic carbocycles. The van der Waals surface area contributed by atoms with Gasteiger partial charge in [0, 0.05) is 30.8 Å². The minimum atomic E-state index is -1.08. The van der Waals surface area contributed by atoms with Crippen molar-refractivity contribution in [1.82, 2.24) is 10.6 Å². The van der Waals surface area contributed by atoms with Gasteiger partial charge < -0.3 is 20.2 Å². The third-order valence-electron chi connectivity index (χ3n) is 6.35. The van der Waals surface area contributed by atoms with Crippen molar-refractivity contribution in [3.8, 4) is 0 Å². The Bertz CT molecular complexity index is 1480. The maximum atomic E-state index is 13.8. The van der Waals surface area contributed by atoms with E-state index < -0.39 is 29.7 Å². The molecule has 198 valence electrons. The number of aliphatic hydroxyl groups is 1. The van der Waals surface area contributed by atoms with Crippen LogP contribution in [0.2, 0.25) is 0 Å². The standard InChI is InChI=1S/C30H30F2N2O4/c1-3-19-5-4-6-20(10-19)16-33-17-28(36)26(13-21-11-23(31)15-24(32)12-21)34-30(37)22-7-8-29-25(14-22)27(35)9-18(2)38-29/h4-12,14-15,26,28,33,36H,3,13,16-17H2,1-2H3,(H,34,37)/t26-,28-/m0/s1. The molecule has 0 bridgehead atoms. The van der Waals surface area contributed by atoms with E-state index in [9.17, 15) is 23.5 Å². The van der Waals surface area contributed by atoms with Crippen molar-refractivity contribution in [3.63, 3.8) is 0 Å². The van der Waals surface area contributed by atoms with E-state index in [0.717, 1.165) is 18.1 Å². The molecule has 0 saturated heterocycles. The second-order valence-electron chi connectivity index (χ2n) is 9.37. The molecule has 8 heteroatoms. The van der Waals surface area contributed by atoms with E-state index >= 15 is 0 Å². The summed E-state index contributed by atoms with van der Waals surface area (Å²) in [5.41, 5.74) is 2.81. The minimum absolute atomic E-state index is 0.0104. The summed E-state index contributed by atoms with van der Waals surface area (Å²) in [5, 5.41) is 17.2. The second kappa shape index (κ2) is 12.1. The maximum Gasteiger partial charge on any atom is 0.251 e. The van der Waals surface area contributed by atoms with Gasteiger partial charge in [-0.25, -0.2) is 8.78 Å². The highest BCUT2D eigenvalue weighted by Crippen LogP contribution is 2.16. The molecule has 0 aliphatic heterocycles. The van der Waals surface area contributed by atoms with Gasteiger partial charge in [0.15, 0.2) is 5.43 Å². The molecule has 0 fully saturated rings. The van der Waals surface area contributed by atoms with Gasteiger partial charge in [0.1, 0.15) is 23.0 Å². The smallest absolute Gasteiger partial charge is 0.251 e. The Balaban J connectivity index is 1.52. The van der Waals surface area contributed by atoms with Gasteiger partial charge in [-0.05, 0) is 66.8 Å². The summed E-state index contributed by atoms with van der Waals surface area (Å²) in [4.78, 5) is 25.5. The lowest BCUT2D eigenvalue weighted by molar-refractivity contribution is 0.0830. The molecule has 4 aromatic rings. The number of halogens is 2. The minimum Gasteiger partial charge on any atom is -0.461 e. The summed E-state index contributed by atoms with van der Waals surface area (Å²) in [5.74, 6) is -1.57. The van der Waals surface area contributed by atoms with Gasteiger partial charge in [-0.2, -0.15) is 0 Å². The Hall–Kier alpha value is -3.88. The fourth-order valence-electron chi connectivity index (χ4n) is 4.40. The van der Waals surface area contributed by atoms with Gasteiger partial charge in [-0.1, -0.05) is 31.2 Å². The van der Waals surface area contributed by atoms with Crippen LogP contribution in [0.15, 0.2) is 75.9 Å². The Morgan fingerprint density at radius 1 is 0.974 bits per heavy atom. The highest BCUT2D eigenvalue weighted by molar-refractivity contribution is 5.97. The quantitative estimate of drug-likeness (QED) is 0.288. The SMILES string of the molecule is CCc1cccc(CNC[C@H](O)[C@H](Cc2cc(F)cc(F)c2)NC(=O)c2ccc3oc(C)cc(=O)c3c2)c1. The van der Waals surface area contributed by atoms with Crippen LogP contribution < -0.4 is 16.1 Å². The van der Waals surface area contributed by atoms with Crippen LogP contribution in [-0.2, 0) is 19.4 Å². The number of carbonyl (C=O) groups excluding carboxylic acids is 1. The number of aryl methyl sites for hydroxylation is 2. The van der Waals surface area contributed by atoms with Crippen LogP contribution in [0.25, 0.3) is 11.0 Å². The molecule has 3 aromatic carbocycles. The summed E-state index contributed by atoms with van der Waals surface area (Å²) in [6, 6.07) is 16.1. The second-order valence-corrected chi connectivity index (χ2v) is 9.37. The first-order chi connectivity index (χ1) is 18.2. The van der Waals surface area contributed by atoms with E-state index in [1.54, 1.807) is 6.92 Å². The molecule has 0 spiro atoms. The Morgan fingerprint density at radius 3 is 2.45 bits per heavy atom. The first-order valence-electron chi connectivity index (χ1n) is 12.5. The highest BCUT2D eigenvalue weighted by atomic mass is 19.1. The summed E-state index contributed by atoms with van der Waals surface area (Å²) in [7, 11) is 0. The number of rotatable bonds is 10. The number of fused-ring (bicyclic) bond motifs is 1. The Morgan fingerprint density at radius 2 is 1.71 bits per heavy atom. The largest absolute Gasteiger partial charge is 0.461 e. The van der Waals surface area contributed by atoms with Crippen molar-refractivity contribution in [2.75, 3.05) is 6.54 Å². The number of amides is 1. The zero-order chi connectivity index (χ0) is 27.2. The summed E-state index contributed by atoms with van der Waals surface area (Å²) >= 11 is 0. The Labute approximate surface area is 219 Å². The molecule has 0 saturated carbocycles. The molecule has 0 aliphatic rings. The van der Waals surface area contributed by atoms with Gasteiger partial charge in [-0.3, -0.25) is 9.59 Å². The first kappa shape index (κ1) is 27.2. The van der Waals surface area contributed by atoms with Gasteiger partial charge in [0.05, 0.1) is 17.5 Å². The predicted molar refractivity (Wildman–Crippen MR) is 142 cm³/mol. The van der Waals surface area contributed by atoms with Crippen molar-refractivity contribution in [2.45, 2.75) is 45.4 Å². The zero-order valence-electron chi connectivity index (χ0n) is 21.3. The van der Waals surface area contributed by atoms with Crippen LogP contribution in [0, 0.1) is 18.6 Å². The van der Waals surface area contributed by atoms with Gasteiger partial charge in [0.25, 0.3) is 5.91 Å². The van der Waals surface area contributed by atoms with E-state index in [4.69, 9.17) is 4.42 Å². The summed E-state index contributed by atoms with van der Waals surface area (Å²) in [6.07, 6.45) is -0.179. The van der Waals surface area contributed by atoms with Gasteiger partial charge >= 0.3 is 0 Å². The zero-order valence-corrected chi connectivity index (χ0v) is 21.3. The van der Waals surface area contributed by atoms with Crippen molar-refractivity contribution in [3.05, 3.63) is 117 Å². The van der Waals surface area contributed by atoms with Crippen LogP contribution in [0.4, 0.5) is 8.78 Å². The fourth-order valence-corrected chi connectivity index (χ4v) is 4.40. The molecule has 0 unspecified atom stereocenters. The molecule has 4 rings (SSSR count).